The summed E-state index contributed by atoms with van der Waals surface area (Å²) in [6.07, 6.45) is 0.961. The number of halogens is 1. The molecule has 1 amide bonds. The van der Waals surface area contributed by atoms with Crippen LogP contribution in [0.15, 0.2) is 72.9 Å². The predicted molar refractivity (Wildman–Crippen MR) is 141 cm³/mol. The van der Waals surface area contributed by atoms with Crippen molar-refractivity contribution in [2.45, 2.75) is 45.4 Å². The lowest BCUT2D eigenvalue weighted by Gasteiger charge is -2.42. The van der Waals surface area contributed by atoms with Crippen molar-refractivity contribution in [2.75, 3.05) is 7.11 Å². The molecule has 3 aromatic carbocycles. The first-order valence-corrected chi connectivity index (χ1v) is 12.1. The van der Waals surface area contributed by atoms with Crippen molar-refractivity contribution in [1.82, 2.24) is 14.7 Å². The number of ether oxygens (including phenoxy) is 2. The smallest absolute Gasteiger partial charge is 0.394 e. The van der Waals surface area contributed by atoms with E-state index in [4.69, 9.17) is 9.47 Å². The van der Waals surface area contributed by atoms with Gasteiger partial charge in [-0.1, -0.05) is 12.1 Å². The molecule has 0 saturated carbocycles. The van der Waals surface area contributed by atoms with Crippen molar-refractivity contribution in [1.29, 1.82) is 0 Å². The zero-order valence-electron chi connectivity index (χ0n) is 21.9. The second-order valence-electron chi connectivity index (χ2n) is 9.96. The molecule has 9 heteroatoms. The van der Waals surface area contributed by atoms with E-state index in [1.54, 1.807) is 76.0 Å². The van der Waals surface area contributed by atoms with Crippen LogP contribution >= 0.6 is 0 Å². The van der Waals surface area contributed by atoms with Crippen molar-refractivity contribution in [2.24, 2.45) is 0 Å². The van der Waals surface area contributed by atoms with E-state index in [0.717, 1.165) is 10.9 Å². The summed E-state index contributed by atoms with van der Waals surface area (Å²) in [5.74, 6) is -1.77. The van der Waals surface area contributed by atoms with Crippen molar-refractivity contribution in [3.63, 3.8) is 0 Å². The van der Waals surface area contributed by atoms with Gasteiger partial charge in [0.25, 0.3) is 0 Å². The van der Waals surface area contributed by atoms with Crippen LogP contribution < -0.4 is 9.47 Å². The number of benzene rings is 3. The molecule has 0 aliphatic carbocycles. The van der Waals surface area contributed by atoms with Crippen LogP contribution in [0.4, 0.5) is 4.39 Å². The van der Waals surface area contributed by atoms with Gasteiger partial charge in [0.2, 0.25) is 0 Å². The maximum Gasteiger partial charge on any atom is 0.394 e. The zero-order chi connectivity index (χ0) is 27.6. The minimum atomic E-state index is -1.54. The van der Waals surface area contributed by atoms with Gasteiger partial charge < -0.3 is 19.5 Å². The molecule has 0 aliphatic rings. The Hall–Kier alpha value is -4.40. The summed E-state index contributed by atoms with van der Waals surface area (Å²) in [5, 5.41) is 14.8. The number of hydrogen-bond donors (Lipinski definition) is 1. The van der Waals surface area contributed by atoms with E-state index in [-0.39, 0.29) is 5.82 Å². The maximum absolute atomic E-state index is 13.4. The van der Waals surface area contributed by atoms with Gasteiger partial charge in [0.15, 0.2) is 0 Å². The fourth-order valence-electron chi connectivity index (χ4n) is 4.62. The van der Waals surface area contributed by atoms with E-state index in [1.807, 2.05) is 24.3 Å². The van der Waals surface area contributed by atoms with Crippen LogP contribution in [-0.4, -0.2) is 50.4 Å². The van der Waals surface area contributed by atoms with Crippen LogP contribution in [0.1, 0.15) is 39.4 Å². The monoisotopic (exact) mass is 519 g/mol. The lowest BCUT2D eigenvalue weighted by atomic mass is 9.96. The number of fused-ring (bicyclic) bond motifs is 1. The second kappa shape index (κ2) is 10.5. The van der Waals surface area contributed by atoms with Gasteiger partial charge in [0.05, 0.1) is 30.6 Å². The number of aliphatic carboxylic acids is 1. The molecule has 4 aromatic rings. The molecule has 38 heavy (non-hydrogen) atoms. The summed E-state index contributed by atoms with van der Waals surface area (Å²) >= 11 is 0. The number of carbonyl (C=O) groups excluding carboxylic acids is 1. The molecule has 4 rings (SSSR count). The molecule has 198 valence electrons. The molecule has 1 aromatic heterocycles. The number of nitrogens with zero attached hydrogens (tertiary/aromatic N) is 3. The number of amides is 1. The fraction of sp³-hybridized carbons (Fsp3) is 0.276. The van der Waals surface area contributed by atoms with E-state index >= 15 is 0 Å². The van der Waals surface area contributed by atoms with Gasteiger partial charge in [-0.3, -0.25) is 4.79 Å². The molecule has 2 atom stereocenters. The second-order valence-corrected chi connectivity index (χ2v) is 9.96. The van der Waals surface area contributed by atoms with E-state index in [2.05, 4.69) is 5.10 Å². The average Bonchev–Trinajstić information content (AvgIpc) is 3.30. The molecular formula is C29H30FN3O5. The van der Waals surface area contributed by atoms with E-state index in [1.165, 1.54) is 17.0 Å². The third-order valence-electron chi connectivity index (χ3n) is 6.27. The summed E-state index contributed by atoms with van der Waals surface area (Å²) in [6, 6.07) is 18.1. The van der Waals surface area contributed by atoms with E-state index in [0.29, 0.717) is 22.7 Å². The molecule has 0 bridgehead atoms. The molecule has 0 radical (unpaired) electrons. The highest BCUT2D eigenvalue weighted by Gasteiger charge is 2.39. The molecule has 0 saturated heterocycles. The Balaban J connectivity index is 1.74. The molecular weight excluding hydrogens is 489 g/mol. The van der Waals surface area contributed by atoms with Crippen LogP contribution in [0.25, 0.3) is 16.6 Å². The number of carboxylic acids is 1. The van der Waals surface area contributed by atoms with Gasteiger partial charge in [0.1, 0.15) is 23.4 Å². The van der Waals surface area contributed by atoms with Gasteiger partial charge in [-0.15, -0.1) is 0 Å². The lowest BCUT2D eigenvalue weighted by molar-refractivity contribution is -0.162. The number of carboxylic acid groups (broad SMARTS) is 1. The Bertz CT molecular complexity index is 1460. The number of hydrogen-bond acceptors (Lipinski definition) is 5. The van der Waals surface area contributed by atoms with Crippen LogP contribution in [0, 0.1) is 5.82 Å². The number of aromatic nitrogens is 2. The fourth-order valence-corrected chi connectivity index (χ4v) is 4.62. The highest BCUT2D eigenvalue weighted by molar-refractivity contribution is 6.31. The Morgan fingerprint density at radius 2 is 1.74 bits per heavy atom. The molecule has 0 fully saturated rings. The first kappa shape index (κ1) is 26.7. The maximum atomic E-state index is 13.4. The van der Waals surface area contributed by atoms with Crippen LogP contribution in [0.5, 0.6) is 11.5 Å². The first-order valence-electron chi connectivity index (χ1n) is 12.1. The lowest BCUT2D eigenvalue weighted by Crippen LogP contribution is -2.55. The van der Waals surface area contributed by atoms with E-state index in [9.17, 15) is 19.1 Å². The zero-order valence-corrected chi connectivity index (χ0v) is 21.9. The topological polar surface area (TPSA) is 93.9 Å². The Kier molecular flexibility index (Phi) is 7.39. The van der Waals surface area contributed by atoms with Crippen molar-refractivity contribution >= 4 is 22.8 Å². The minimum absolute atomic E-state index is 0.329. The van der Waals surface area contributed by atoms with Crippen LogP contribution in [0.3, 0.4) is 0 Å². The normalized spacial score (nSPS) is 13.1. The molecule has 0 spiro atoms. The van der Waals surface area contributed by atoms with Gasteiger partial charge >= 0.3 is 11.9 Å². The average molecular weight is 520 g/mol. The number of methoxy groups -OCH3 is 1. The SMILES string of the molecule is COc1cccc([C@@H](Oc2ccc3c(cnn3-c3ccc(F)cc3)c2)[C@H](C)N(C(=O)C(=O)O)C(C)(C)C)c1. The van der Waals surface area contributed by atoms with Gasteiger partial charge in [0, 0.05) is 10.9 Å². The van der Waals surface area contributed by atoms with Crippen LogP contribution in [0.2, 0.25) is 0 Å². The van der Waals surface area contributed by atoms with Gasteiger partial charge in [-0.25, -0.2) is 13.9 Å². The van der Waals surface area contributed by atoms with Crippen molar-refractivity contribution < 1.29 is 28.6 Å². The Labute approximate surface area is 220 Å². The van der Waals surface area contributed by atoms with Crippen molar-refractivity contribution in [3.8, 4) is 17.2 Å². The summed E-state index contributed by atoms with van der Waals surface area (Å²) in [6.45, 7) is 7.11. The van der Waals surface area contributed by atoms with E-state index < -0.39 is 29.6 Å². The summed E-state index contributed by atoms with van der Waals surface area (Å²) in [7, 11) is 1.56. The van der Waals surface area contributed by atoms with Crippen LogP contribution in [-0.2, 0) is 9.59 Å². The summed E-state index contributed by atoms with van der Waals surface area (Å²) in [4.78, 5) is 25.8. The van der Waals surface area contributed by atoms with Crippen molar-refractivity contribution in [3.05, 3.63) is 84.3 Å². The Morgan fingerprint density at radius 1 is 1.03 bits per heavy atom. The molecule has 0 aliphatic heterocycles. The largest absolute Gasteiger partial charge is 0.497 e. The molecule has 8 nitrogen and oxygen atoms in total. The third kappa shape index (κ3) is 5.46. The minimum Gasteiger partial charge on any atom is -0.497 e. The summed E-state index contributed by atoms with van der Waals surface area (Å²) < 4.78 is 27.0. The highest BCUT2D eigenvalue weighted by Crippen LogP contribution is 2.34. The predicted octanol–water partition coefficient (Wildman–Crippen LogP) is 5.39. The molecule has 1 N–H and O–H groups in total. The number of rotatable bonds is 7. The standard InChI is InChI=1S/C29H30FN3O5/c1-18(32(29(2,3)4)27(34)28(35)36)26(19-7-6-8-23(15-19)37-5)38-24-13-14-25-20(16-24)17-31-33(25)22-11-9-21(30)10-12-22/h6-18,26H,1-5H3,(H,35,36)/t18-,26-/m0/s1. The molecule has 0 unspecified atom stereocenters. The summed E-state index contributed by atoms with van der Waals surface area (Å²) in [5.41, 5.74) is 1.43. The quantitative estimate of drug-likeness (QED) is 0.329. The molecule has 1 heterocycles. The van der Waals surface area contributed by atoms with Gasteiger partial charge in [-0.2, -0.15) is 5.10 Å². The Morgan fingerprint density at radius 3 is 2.37 bits per heavy atom. The highest BCUT2D eigenvalue weighted by atomic mass is 19.1. The van der Waals surface area contributed by atoms with Gasteiger partial charge in [-0.05, 0) is 87.9 Å². The number of carbonyl (C=O) groups is 2. The first-order chi connectivity index (χ1) is 18.0. The third-order valence-corrected chi connectivity index (χ3v) is 6.27.